The number of hydrogen-bond acceptors (Lipinski definition) is 2. The summed E-state index contributed by atoms with van der Waals surface area (Å²) in [6.07, 6.45) is 0.945. The third kappa shape index (κ3) is 4.74. The minimum absolute atomic E-state index is 0.654. The number of hydrogen-bond donors (Lipinski definition) is 0. The number of para-hydroxylation sites is 2. The number of furan rings is 1. The second-order valence-electron chi connectivity index (χ2n) is 17.4. The molecule has 0 saturated heterocycles. The lowest BCUT2D eigenvalue weighted by Gasteiger charge is -2.37. The summed E-state index contributed by atoms with van der Waals surface area (Å²) in [6, 6.07) is 83.3. The van der Waals surface area contributed by atoms with Crippen LogP contribution in [0.4, 0.5) is 17.1 Å². The van der Waals surface area contributed by atoms with Crippen molar-refractivity contribution in [3.05, 3.63) is 258 Å². The van der Waals surface area contributed by atoms with E-state index >= 15 is 0 Å². The van der Waals surface area contributed by atoms with Crippen LogP contribution in [0.25, 0.3) is 77.6 Å². The molecule has 0 bridgehead atoms. The maximum Gasteiger partial charge on any atom is 0.137 e. The highest BCUT2D eigenvalue weighted by Gasteiger charge is 2.51. The minimum Gasteiger partial charge on any atom is -0.456 e. The van der Waals surface area contributed by atoms with Gasteiger partial charge in [0, 0.05) is 16.6 Å². The molecule has 1 atom stereocenters. The summed E-state index contributed by atoms with van der Waals surface area (Å²) in [7, 11) is 0. The van der Waals surface area contributed by atoms with Crippen LogP contribution in [0.3, 0.4) is 0 Å². The third-order valence-corrected chi connectivity index (χ3v) is 14.3. The molecule has 1 aromatic heterocycles. The van der Waals surface area contributed by atoms with E-state index in [0.29, 0.717) is 0 Å². The Balaban J connectivity index is 1.14. The molecule has 11 aromatic rings. The zero-order chi connectivity index (χ0) is 41.9. The molecule has 0 radical (unpaired) electrons. The van der Waals surface area contributed by atoms with Gasteiger partial charge in [-0.25, -0.2) is 0 Å². The number of benzene rings is 10. The second kappa shape index (κ2) is 13.4. The molecule has 0 saturated carbocycles. The molecule has 1 heterocycles. The van der Waals surface area contributed by atoms with Crippen molar-refractivity contribution in [3.63, 3.8) is 0 Å². The fourth-order valence-electron chi connectivity index (χ4n) is 11.8. The maximum absolute atomic E-state index is 6.60. The Hall–Kier alpha value is -8.20. The van der Waals surface area contributed by atoms with E-state index in [1.807, 2.05) is 0 Å². The average molecular weight is 814 g/mol. The lowest BCUT2D eigenvalue weighted by molar-refractivity contribution is 0.669. The molecule has 1 spiro atoms. The first kappa shape index (κ1) is 35.4. The first-order valence-electron chi connectivity index (χ1n) is 22.3. The van der Waals surface area contributed by atoms with E-state index in [1.165, 1.54) is 77.9 Å². The molecule has 0 fully saturated rings. The average Bonchev–Trinajstić information content (AvgIpc) is 4.01. The van der Waals surface area contributed by atoms with Gasteiger partial charge >= 0.3 is 0 Å². The number of fused-ring (bicyclic) bond motifs is 19. The van der Waals surface area contributed by atoms with Gasteiger partial charge in [-0.05, 0) is 126 Å². The van der Waals surface area contributed by atoms with Crippen molar-refractivity contribution in [3.8, 4) is 55.6 Å². The van der Waals surface area contributed by atoms with Crippen LogP contribution in [0.2, 0.25) is 0 Å². The molecule has 298 valence electrons. The molecule has 3 aliphatic carbocycles. The summed E-state index contributed by atoms with van der Waals surface area (Å²) in [4.78, 5) is 2.49. The van der Waals surface area contributed by atoms with Crippen LogP contribution in [0.5, 0.6) is 0 Å². The van der Waals surface area contributed by atoms with Crippen LogP contribution in [-0.4, -0.2) is 0 Å². The van der Waals surface area contributed by atoms with Crippen molar-refractivity contribution in [2.75, 3.05) is 4.90 Å². The van der Waals surface area contributed by atoms with Gasteiger partial charge in [-0.3, -0.25) is 0 Å². The topological polar surface area (TPSA) is 16.4 Å². The fraction of sp³-hybridized carbons (Fsp3) is 0.0323. The summed E-state index contributed by atoms with van der Waals surface area (Å²) >= 11 is 0. The smallest absolute Gasteiger partial charge is 0.137 e. The molecule has 3 aliphatic rings. The van der Waals surface area contributed by atoms with Crippen LogP contribution >= 0.6 is 0 Å². The first-order chi connectivity index (χ1) is 31.8. The van der Waals surface area contributed by atoms with Gasteiger partial charge in [-0.2, -0.15) is 0 Å². The minimum atomic E-state index is -0.654. The highest BCUT2D eigenvalue weighted by Crippen LogP contribution is 2.64. The monoisotopic (exact) mass is 813 g/mol. The van der Waals surface area contributed by atoms with Crippen molar-refractivity contribution in [1.82, 2.24) is 0 Å². The number of anilines is 3. The van der Waals surface area contributed by atoms with Crippen molar-refractivity contribution >= 4 is 39.0 Å². The molecule has 14 rings (SSSR count). The molecule has 0 N–H and O–H groups in total. The Kier molecular flexibility index (Phi) is 7.41. The van der Waals surface area contributed by atoms with Gasteiger partial charge in [0.05, 0.1) is 22.2 Å². The van der Waals surface area contributed by atoms with Gasteiger partial charge in [0.2, 0.25) is 0 Å². The largest absolute Gasteiger partial charge is 0.456 e. The lowest BCUT2D eigenvalue weighted by Crippen LogP contribution is -2.29. The van der Waals surface area contributed by atoms with E-state index in [4.69, 9.17) is 4.42 Å². The van der Waals surface area contributed by atoms with Crippen molar-refractivity contribution in [2.24, 2.45) is 0 Å². The standard InChI is InChI=1S/C62H39NO/c1-2-17-39(18-3-1)43-20-10-14-29-55(43)63(56-30-16-32-58-61(56)50-26-11-15-31-57(50)64-58)42-34-35-48-46-23-7-6-22-45(46)47-24-8-12-27-51(47)62(54(48)38-42)52-28-13-9-25-49(52)60-53(62)36-33-41-37-40-19-4-5-21-44(40)59(41)60/h1-36,38H,37H2. The Morgan fingerprint density at radius 1 is 0.359 bits per heavy atom. The maximum atomic E-state index is 6.60. The van der Waals surface area contributed by atoms with Crippen LogP contribution in [0.1, 0.15) is 33.4 Å². The molecule has 2 heteroatoms. The van der Waals surface area contributed by atoms with Crippen molar-refractivity contribution in [2.45, 2.75) is 11.8 Å². The number of nitrogens with zero attached hydrogens (tertiary/aromatic N) is 1. The van der Waals surface area contributed by atoms with Gasteiger partial charge in [-0.1, -0.05) is 188 Å². The molecule has 0 amide bonds. The zero-order valence-electron chi connectivity index (χ0n) is 34.9. The summed E-state index contributed by atoms with van der Waals surface area (Å²) in [6.45, 7) is 0. The Morgan fingerprint density at radius 2 is 0.969 bits per heavy atom. The summed E-state index contributed by atoms with van der Waals surface area (Å²) in [5.74, 6) is 0. The summed E-state index contributed by atoms with van der Waals surface area (Å²) < 4.78 is 6.60. The Labute approximate surface area is 372 Å². The fourth-order valence-corrected chi connectivity index (χ4v) is 11.8. The summed E-state index contributed by atoms with van der Waals surface area (Å²) in [5.41, 5.74) is 25.1. The predicted molar refractivity (Wildman–Crippen MR) is 264 cm³/mol. The molecule has 10 aromatic carbocycles. The molecular formula is C62H39NO. The molecular weight excluding hydrogens is 775 g/mol. The lowest BCUT2D eigenvalue weighted by atomic mass is 9.65. The Morgan fingerprint density at radius 3 is 1.80 bits per heavy atom. The molecule has 64 heavy (non-hydrogen) atoms. The van der Waals surface area contributed by atoms with Crippen molar-refractivity contribution in [1.29, 1.82) is 0 Å². The van der Waals surface area contributed by atoms with Gasteiger partial charge in [0.15, 0.2) is 0 Å². The van der Waals surface area contributed by atoms with Gasteiger partial charge in [0.1, 0.15) is 11.2 Å². The van der Waals surface area contributed by atoms with E-state index < -0.39 is 5.41 Å². The van der Waals surface area contributed by atoms with E-state index in [-0.39, 0.29) is 0 Å². The van der Waals surface area contributed by atoms with E-state index in [2.05, 4.69) is 229 Å². The van der Waals surface area contributed by atoms with E-state index in [1.54, 1.807) is 0 Å². The molecule has 0 aliphatic heterocycles. The van der Waals surface area contributed by atoms with E-state index in [0.717, 1.165) is 56.5 Å². The molecule has 1 unspecified atom stereocenters. The third-order valence-electron chi connectivity index (χ3n) is 14.3. The normalized spacial score (nSPS) is 14.9. The van der Waals surface area contributed by atoms with Crippen LogP contribution in [-0.2, 0) is 11.8 Å². The van der Waals surface area contributed by atoms with E-state index in [9.17, 15) is 0 Å². The predicted octanol–water partition coefficient (Wildman–Crippen LogP) is 16.3. The molecule has 2 nitrogen and oxygen atoms in total. The van der Waals surface area contributed by atoms with Gasteiger partial charge in [-0.15, -0.1) is 0 Å². The van der Waals surface area contributed by atoms with Crippen LogP contribution in [0, 0.1) is 0 Å². The van der Waals surface area contributed by atoms with Gasteiger partial charge in [0.25, 0.3) is 0 Å². The zero-order valence-corrected chi connectivity index (χ0v) is 34.9. The summed E-state index contributed by atoms with van der Waals surface area (Å²) in [5, 5.41) is 2.18. The van der Waals surface area contributed by atoms with Crippen LogP contribution < -0.4 is 4.90 Å². The second-order valence-corrected chi connectivity index (χ2v) is 17.4. The Bertz CT molecular complexity index is 3720. The first-order valence-corrected chi connectivity index (χ1v) is 22.3. The van der Waals surface area contributed by atoms with Crippen molar-refractivity contribution < 1.29 is 4.42 Å². The highest BCUT2D eigenvalue weighted by atomic mass is 16.3. The SMILES string of the molecule is c1ccc(-c2ccccc2N(c2ccc3c(c2)C2(c4ccccc4-c4ccccc4-3)c3ccccc3-c3c2ccc2c3-c3ccccc3C2)c2cccc3oc4ccccc4c23)cc1. The van der Waals surface area contributed by atoms with Crippen LogP contribution in [0.15, 0.2) is 229 Å². The highest BCUT2D eigenvalue weighted by molar-refractivity contribution is 6.14. The quantitative estimate of drug-likeness (QED) is 0.176. The van der Waals surface area contributed by atoms with Gasteiger partial charge < -0.3 is 9.32 Å². The number of rotatable bonds is 4.